The largest absolute Gasteiger partial charge is 0.383 e. The highest BCUT2D eigenvalue weighted by atomic mass is 35.5. The molecule has 2 rings (SSSR count). The van der Waals surface area contributed by atoms with Crippen molar-refractivity contribution >= 4 is 23.1 Å². The van der Waals surface area contributed by atoms with E-state index in [1.807, 2.05) is 12.1 Å². The van der Waals surface area contributed by atoms with E-state index in [2.05, 4.69) is 4.98 Å². The lowest BCUT2D eigenvalue weighted by Gasteiger charge is -1.97. The van der Waals surface area contributed by atoms with E-state index in [-0.39, 0.29) is 0 Å². The van der Waals surface area contributed by atoms with Gasteiger partial charge in [-0.3, -0.25) is 4.40 Å². The van der Waals surface area contributed by atoms with Crippen molar-refractivity contribution in [1.29, 1.82) is 0 Å². The number of nitrogen functional groups attached to an aromatic ring is 1. The van der Waals surface area contributed by atoms with E-state index in [1.165, 1.54) is 0 Å². The lowest BCUT2D eigenvalue weighted by molar-refractivity contribution is 1.20. The minimum absolute atomic E-state index is 0.561. The average Bonchev–Trinajstić information content (AvgIpc) is 2.34. The van der Waals surface area contributed by atoms with Gasteiger partial charge in [0.25, 0.3) is 0 Å². The molecule has 0 fully saturated rings. The quantitative estimate of drug-likeness (QED) is 0.606. The number of imidazole rings is 1. The molecule has 2 aromatic rings. The Morgan fingerprint density at radius 3 is 3.00 bits per heavy atom. The first-order chi connectivity index (χ1) is 5.29. The van der Waals surface area contributed by atoms with Gasteiger partial charge in [0.1, 0.15) is 16.6 Å². The van der Waals surface area contributed by atoms with Crippen molar-refractivity contribution in [3.8, 4) is 0 Å². The molecule has 2 N–H and O–H groups in total. The molecule has 0 unspecified atom stereocenters. The lowest BCUT2D eigenvalue weighted by atomic mass is 10.5. The van der Waals surface area contributed by atoms with E-state index in [1.54, 1.807) is 16.7 Å². The minimum atomic E-state index is 0.561. The Balaban J connectivity index is 2.96. The summed E-state index contributed by atoms with van der Waals surface area (Å²) in [6, 6.07) is 5.46. The molecule has 0 atom stereocenters. The summed E-state index contributed by atoms with van der Waals surface area (Å²) in [5, 5.41) is 0.581. The van der Waals surface area contributed by atoms with Gasteiger partial charge >= 0.3 is 0 Å². The Morgan fingerprint density at radius 2 is 2.27 bits per heavy atom. The van der Waals surface area contributed by atoms with Gasteiger partial charge in [-0.05, 0) is 12.1 Å². The Kier molecular flexibility index (Phi) is 1.26. The number of anilines is 1. The molecule has 0 aliphatic carbocycles. The molecule has 2 aromatic heterocycles. The summed E-state index contributed by atoms with van der Waals surface area (Å²) in [6.07, 6.45) is 1.58. The number of aromatic nitrogens is 2. The summed E-state index contributed by atoms with van der Waals surface area (Å²) in [5.41, 5.74) is 6.37. The molecule has 0 aromatic carbocycles. The number of hydrogen-bond acceptors (Lipinski definition) is 2. The molecule has 0 radical (unpaired) electrons. The van der Waals surface area contributed by atoms with E-state index in [4.69, 9.17) is 17.3 Å². The second kappa shape index (κ2) is 2.13. The Bertz CT molecular complexity index is 393. The van der Waals surface area contributed by atoms with Crippen LogP contribution in [-0.4, -0.2) is 9.38 Å². The second-order valence-electron chi connectivity index (χ2n) is 2.23. The fraction of sp³-hybridized carbons (Fsp3) is 0. The van der Waals surface area contributed by atoms with Gasteiger partial charge in [0.2, 0.25) is 0 Å². The molecule has 11 heavy (non-hydrogen) atoms. The van der Waals surface area contributed by atoms with Crippen molar-refractivity contribution in [3.05, 3.63) is 29.5 Å². The van der Waals surface area contributed by atoms with Crippen LogP contribution < -0.4 is 5.73 Å². The molecular weight excluding hydrogens is 162 g/mol. The van der Waals surface area contributed by atoms with Gasteiger partial charge < -0.3 is 5.73 Å². The predicted molar refractivity (Wildman–Crippen MR) is 44.6 cm³/mol. The number of pyridine rings is 1. The maximum atomic E-state index is 5.85. The lowest BCUT2D eigenvalue weighted by Crippen LogP contribution is -1.92. The first kappa shape index (κ1) is 6.49. The van der Waals surface area contributed by atoms with Crippen LogP contribution in [0.1, 0.15) is 0 Å². The van der Waals surface area contributed by atoms with Crippen LogP contribution in [0.25, 0.3) is 5.65 Å². The van der Waals surface area contributed by atoms with E-state index < -0.39 is 0 Å². The van der Waals surface area contributed by atoms with Crippen LogP contribution in [-0.2, 0) is 0 Å². The van der Waals surface area contributed by atoms with Crippen LogP contribution in [0.4, 0.5) is 5.82 Å². The molecule has 0 bridgehead atoms. The topological polar surface area (TPSA) is 43.3 Å². The third kappa shape index (κ3) is 0.851. The molecular formula is C7H6ClN3. The van der Waals surface area contributed by atoms with Crippen LogP contribution in [0.2, 0.25) is 5.15 Å². The monoisotopic (exact) mass is 167 g/mol. The summed E-state index contributed by atoms with van der Waals surface area (Å²) in [6.45, 7) is 0. The van der Waals surface area contributed by atoms with Crippen molar-refractivity contribution in [2.24, 2.45) is 0 Å². The first-order valence-corrected chi connectivity index (χ1v) is 3.54. The fourth-order valence-electron chi connectivity index (χ4n) is 1.02. The third-order valence-corrected chi connectivity index (χ3v) is 1.80. The van der Waals surface area contributed by atoms with Gasteiger partial charge in [-0.2, -0.15) is 0 Å². The highest BCUT2D eigenvalue weighted by molar-refractivity contribution is 6.29. The molecule has 0 amide bonds. The predicted octanol–water partition coefficient (Wildman–Crippen LogP) is 1.57. The number of rotatable bonds is 0. The molecule has 2 heterocycles. The Hall–Kier alpha value is -1.22. The zero-order chi connectivity index (χ0) is 7.84. The number of halogens is 1. The van der Waals surface area contributed by atoms with Gasteiger partial charge in [-0.25, -0.2) is 4.98 Å². The molecule has 0 saturated carbocycles. The first-order valence-electron chi connectivity index (χ1n) is 3.16. The molecule has 0 aliphatic rings. The van der Waals surface area contributed by atoms with E-state index >= 15 is 0 Å². The maximum Gasteiger partial charge on any atom is 0.139 e. The Morgan fingerprint density at radius 1 is 1.45 bits per heavy atom. The SMILES string of the molecule is Nc1cnc2cccc(Cl)n12. The number of nitrogens with zero attached hydrogens (tertiary/aromatic N) is 2. The minimum Gasteiger partial charge on any atom is -0.383 e. The van der Waals surface area contributed by atoms with Crippen LogP contribution in [0, 0.1) is 0 Å². The maximum absolute atomic E-state index is 5.85. The summed E-state index contributed by atoms with van der Waals surface area (Å²) >= 11 is 5.85. The van der Waals surface area contributed by atoms with Gasteiger partial charge in [-0.1, -0.05) is 17.7 Å². The third-order valence-electron chi connectivity index (χ3n) is 1.51. The highest BCUT2D eigenvalue weighted by Gasteiger charge is 2.00. The van der Waals surface area contributed by atoms with E-state index in [9.17, 15) is 0 Å². The zero-order valence-electron chi connectivity index (χ0n) is 5.66. The van der Waals surface area contributed by atoms with Crippen LogP contribution in [0.3, 0.4) is 0 Å². The Labute approximate surface area is 68.4 Å². The number of fused-ring (bicyclic) bond motifs is 1. The van der Waals surface area contributed by atoms with Gasteiger partial charge in [0.15, 0.2) is 0 Å². The van der Waals surface area contributed by atoms with E-state index in [0.717, 1.165) is 5.65 Å². The molecule has 3 nitrogen and oxygen atoms in total. The summed E-state index contributed by atoms with van der Waals surface area (Å²) < 4.78 is 1.68. The molecule has 4 heteroatoms. The van der Waals surface area contributed by atoms with Crippen LogP contribution in [0.5, 0.6) is 0 Å². The van der Waals surface area contributed by atoms with Crippen LogP contribution >= 0.6 is 11.6 Å². The summed E-state index contributed by atoms with van der Waals surface area (Å²) in [5.74, 6) is 0.561. The summed E-state index contributed by atoms with van der Waals surface area (Å²) in [7, 11) is 0. The number of nitrogens with two attached hydrogens (primary N) is 1. The van der Waals surface area contributed by atoms with Gasteiger partial charge in [0.05, 0.1) is 6.20 Å². The van der Waals surface area contributed by atoms with Crippen LogP contribution in [0.15, 0.2) is 24.4 Å². The van der Waals surface area contributed by atoms with Gasteiger partial charge in [0, 0.05) is 0 Å². The van der Waals surface area contributed by atoms with Crippen molar-refractivity contribution in [2.75, 3.05) is 5.73 Å². The van der Waals surface area contributed by atoms with E-state index in [0.29, 0.717) is 11.0 Å². The molecule has 0 aliphatic heterocycles. The zero-order valence-corrected chi connectivity index (χ0v) is 6.42. The van der Waals surface area contributed by atoms with Crippen molar-refractivity contribution in [3.63, 3.8) is 0 Å². The molecule has 0 spiro atoms. The second-order valence-corrected chi connectivity index (χ2v) is 2.61. The van der Waals surface area contributed by atoms with Crippen molar-refractivity contribution in [2.45, 2.75) is 0 Å². The highest BCUT2D eigenvalue weighted by Crippen LogP contribution is 2.15. The normalized spacial score (nSPS) is 10.6. The standard InChI is InChI=1S/C7H6ClN3/c8-5-2-1-3-7-10-4-6(9)11(5)7/h1-4H,9H2. The number of hydrogen-bond donors (Lipinski definition) is 1. The van der Waals surface area contributed by atoms with Crippen molar-refractivity contribution in [1.82, 2.24) is 9.38 Å². The smallest absolute Gasteiger partial charge is 0.139 e. The van der Waals surface area contributed by atoms with Crippen molar-refractivity contribution < 1.29 is 0 Å². The molecule has 56 valence electrons. The fourth-order valence-corrected chi connectivity index (χ4v) is 1.28. The average molecular weight is 168 g/mol. The van der Waals surface area contributed by atoms with Gasteiger partial charge in [-0.15, -0.1) is 0 Å². The summed E-state index contributed by atoms with van der Waals surface area (Å²) in [4.78, 5) is 4.03. The molecule has 0 saturated heterocycles.